The molecule has 0 aliphatic rings. The topological polar surface area (TPSA) is 52.6 Å². The third kappa shape index (κ3) is 9.51. The molecule has 0 aromatic carbocycles. The predicted molar refractivity (Wildman–Crippen MR) is 74.7 cm³/mol. The first-order chi connectivity index (χ1) is 9.15. The Hall–Kier alpha value is -1.06. The maximum Gasteiger partial charge on any atom is 0.417 e. The van der Waals surface area contributed by atoms with Crippen LogP contribution in [0.15, 0.2) is 0 Å². The normalized spacial score (nSPS) is 11.9. The molecule has 1 atom stereocenters. The molecule has 0 bridgehead atoms. The number of ether oxygens (including phenoxy) is 2. The zero-order valence-corrected chi connectivity index (χ0v) is 12.6. The van der Waals surface area contributed by atoms with Crippen LogP contribution in [-0.2, 0) is 19.1 Å². The summed E-state index contributed by atoms with van der Waals surface area (Å²) in [6.45, 7) is 6.88. The van der Waals surface area contributed by atoms with Gasteiger partial charge in [0, 0.05) is 0 Å². The molecule has 1 unspecified atom stereocenters. The van der Waals surface area contributed by atoms with Crippen molar-refractivity contribution in [1.82, 2.24) is 0 Å². The van der Waals surface area contributed by atoms with Gasteiger partial charge in [-0.2, -0.15) is 0 Å². The Bertz CT molecular complexity index is 251. The molecule has 112 valence electrons. The van der Waals surface area contributed by atoms with Crippen LogP contribution in [-0.4, -0.2) is 25.2 Å². The lowest BCUT2D eigenvalue weighted by Gasteiger charge is -2.14. The van der Waals surface area contributed by atoms with E-state index in [9.17, 15) is 9.59 Å². The van der Waals surface area contributed by atoms with Gasteiger partial charge in [0.2, 0.25) is 0 Å². The van der Waals surface area contributed by atoms with Gasteiger partial charge >= 0.3 is 11.9 Å². The number of esters is 2. The molecule has 0 radical (unpaired) electrons. The first-order valence-electron chi connectivity index (χ1n) is 7.49. The molecule has 0 aromatic heterocycles. The monoisotopic (exact) mass is 272 g/mol. The van der Waals surface area contributed by atoms with Gasteiger partial charge in [0.25, 0.3) is 0 Å². The molecule has 0 N–H and O–H groups in total. The SMILES string of the molecule is CCCCCOC(=O)C(=O)OCC(CC)CCCC. The van der Waals surface area contributed by atoms with Crippen molar-refractivity contribution in [2.45, 2.75) is 65.7 Å². The summed E-state index contributed by atoms with van der Waals surface area (Å²) >= 11 is 0. The molecule has 0 fully saturated rings. The van der Waals surface area contributed by atoms with Crippen LogP contribution in [0.4, 0.5) is 0 Å². The smallest absolute Gasteiger partial charge is 0.417 e. The van der Waals surface area contributed by atoms with E-state index in [-0.39, 0.29) is 0 Å². The van der Waals surface area contributed by atoms with Crippen molar-refractivity contribution >= 4 is 11.9 Å². The Morgan fingerprint density at radius 3 is 2.11 bits per heavy atom. The van der Waals surface area contributed by atoms with Crippen molar-refractivity contribution in [3.63, 3.8) is 0 Å². The van der Waals surface area contributed by atoms with Crippen LogP contribution in [0.25, 0.3) is 0 Å². The fourth-order valence-electron chi connectivity index (χ4n) is 1.73. The summed E-state index contributed by atoms with van der Waals surface area (Å²) in [5, 5.41) is 0. The van der Waals surface area contributed by atoms with Gasteiger partial charge in [0.15, 0.2) is 0 Å². The molecule has 0 aromatic rings. The minimum atomic E-state index is -0.860. The molecule has 4 nitrogen and oxygen atoms in total. The highest BCUT2D eigenvalue weighted by Crippen LogP contribution is 2.12. The van der Waals surface area contributed by atoms with Gasteiger partial charge in [0.1, 0.15) is 0 Å². The van der Waals surface area contributed by atoms with Crippen LogP contribution in [0.2, 0.25) is 0 Å². The molecule has 0 saturated carbocycles. The lowest BCUT2D eigenvalue weighted by molar-refractivity contribution is -0.168. The van der Waals surface area contributed by atoms with E-state index < -0.39 is 11.9 Å². The first-order valence-corrected chi connectivity index (χ1v) is 7.49. The van der Waals surface area contributed by atoms with Crippen LogP contribution >= 0.6 is 0 Å². The minimum Gasteiger partial charge on any atom is -0.457 e. The summed E-state index contributed by atoms with van der Waals surface area (Å²) in [5.41, 5.74) is 0. The van der Waals surface area contributed by atoms with Crippen LogP contribution in [0.5, 0.6) is 0 Å². The lowest BCUT2D eigenvalue weighted by Crippen LogP contribution is -2.23. The molecule has 0 aliphatic heterocycles. The van der Waals surface area contributed by atoms with Crippen LogP contribution in [0.1, 0.15) is 65.7 Å². The van der Waals surface area contributed by atoms with Crippen LogP contribution in [0.3, 0.4) is 0 Å². The van der Waals surface area contributed by atoms with Crippen LogP contribution in [0, 0.1) is 5.92 Å². The second kappa shape index (κ2) is 12.0. The summed E-state index contributed by atoms with van der Waals surface area (Å²) in [5.74, 6) is -1.37. The van der Waals surface area contributed by atoms with E-state index in [1.54, 1.807) is 0 Å². The fourth-order valence-corrected chi connectivity index (χ4v) is 1.73. The third-order valence-corrected chi connectivity index (χ3v) is 3.14. The number of carbonyl (C=O) groups excluding carboxylic acids is 2. The predicted octanol–water partition coefficient (Wildman–Crippen LogP) is 3.48. The summed E-state index contributed by atoms with van der Waals surface area (Å²) in [4.78, 5) is 22.7. The maximum atomic E-state index is 11.4. The van der Waals surface area contributed by atoms with Crippen molar-refractivity contribution in [2.24, 2.45) is 5.92 Å². The van der Waals surface area contributed by atoms with Gasteiger partial charge in [-0.1, -0.05) is 52.9 Å². The molecule has 0 spiro atoms. The number of hydrogen-bond donors (Lipinski definition) is 0. The standard InChI is InChI=1S/C15H28O4/c1-4-7-9-11-18-14(16)15(17)19-12-13(6-3)10-8-5-2/h13H,4-12H2,1-3H3. The molecule has 0 heterocycles. The van der Waals surface area contributed by atoms with Gasteiger partial charge in [-0.05, 0) is 18.8 Å². The second-order valence-electron chi connectivity index (χ2n) is 4.86. The second-order valence-corrected chi connectivity index (χ2v) is 4.86. The van der Waals surface area contributed by atoms with Crippen molar-refractivity contribution in [1.29, 1.82) is 0 Å². The highest BCUT2D eigenvalue weighted by molar-refractivity contribution is 6.29. The lowest BCUT2D eigenvalue weighted by atomic mass is 10.0. The van der Waals surface area contributed by atoms with E-state index in [2.05, 4.69) is 20.8 Å². The molecular formula is C15H28O4. The van der Waals surface area contributed by atoms with Gasteiger partial charge in [0.05, 0.1) is 13.2 Å². The summed E-state index contributed by atoms with van der Waals surface area (Å²) in [6, 6.07) is 0. The molecule has 4 heteroatoms. The Labute approximate surface area is 116 Å². The Morgan fingerprint density at radius 2 is 1.53 bits per heavy atom. The minimum absolute atomic E-state index is 0.300. The van der Waals surface area contributed by atoms with Gasteiger partial charge in [-0.25, -0.2) is 9.59 Å². The average molecular weight is 272 g/mol. The van der Waals surface area contributed by atoms with Gasteiger partial charge < -0.3 is 9.47 Å². The Kier molecular flexibility index (Phi) is 11.3. The van der Waals surface area contributed by atoms with Crippen molar-refractivity contribution in [3.05, 3.63) is 0 Å². The van der Waals surface area contributed by atoms with E-state index in [1.807, 2.05) is 0 Å². The number of unbranched alkanes of at least 4 members (excludes halogenated alkanes) is 3. The zero-order valence-electron chi connectivity index (χ0n) is 12.6. The van der Waals surface area contributed by atoms with E-state index in [4.69, 9.17) is 9.47 Å². The number of hydrogen-bond acceptors (Lipinski definition) is 4. The highest BCUT2D eigenvalue weighted by atomic mass is 16.6. The molecule has 0 rings (SSSR count). The maximum absolute atomic E-state index is 11.4. The van der Waals surface area contributed by atoms with Crippen molar-refractivity contribution < 1.29 is 19.1 Å². The Balaban J connectivity index is 3.78. The zero-order chi connectivity index (χ0) is 14.5. The molecular weight excluding hydrogens is 244 g/mol. The molecule has 19 heavy (non-hydrogen) atoms. The van der Waals surface area contributed by atoms with Crippen LogP contribution < -0.4 is 0 Å². The van der Waals surface area contributed by atoms with E-state index in [0.717, 1.165) is 44.9 Å². The highest BCUT2D eigenvalue weighted by Gasteiger charge is 2.18. The fraction of sp³-hybridized carbons (Fsp3) is 0.867. The Morgan fingerprint density at radius 1 is 0.895 bits per heavy atom. The average Bonchev–Trinajstić information content (AvgIpc) is 2.43. The first kappa shape index (κ1) is 17.9. The largest absolute Gasteiger partial charge is 0.457 e. The van der Waals surface area contributed by atoms with Crippen molar-refractivity contribution in [2.75, 3.05) is 13.2 Å². The number of rotatable bonds is 10. The molecule has 0 amide bonds. The van der Waals surface area contributed by atoms with E-state index in [0.29, 0.717) is 19.1 Å². The molecule has 0 saturated heterocycles. The summed E-state index contributed by atoms with van der Waals surface area (Å²) in [7, 11) is 0. The quantitative estimate of drug-likeness (QED) is 0.347. The summed E-state index contributed by atoms with van der Waals surface area (Å²) < 4.78 is 9.84. The van der Waals surface area contributed by atoms with Gasteiger partial charge in [-0.15, -0.1) is 0 Å². The van der Waals surface area contributed by atoms with Gasteiger partial charge in [-0.3, -0.25) is 0 Å². The summed E-state index contributed by atoms with van der Waals surface area (Å²) in [6.07, 6.45) is 7.09. The molecule has 0 aliphatic carbocycles. The number of carbonyl (C=O) groups is 2. The van der Waals surface area contributed by atoms with Crippen molar-refractivity contribution in [3.8, 4) is 0 Å². The van der Waals surface area contributed by atoms with E-state index >= 15 is 0 Å². The third-order valence-electron chi connectivity index (χ3n) is 3.14. The van der Waals surface area contributed by atoms with E-state index in [1.165, 1.54) is 0 Å².